The van der Waals surface area contributed by atoms with Crippen LogP contribution in [0.4, 0.5) is 0 Å². The predicted octanol–water partition coefficient (Wildman–Crippen LogP) is 3.14. The Morgan fingerprint density at radius 1 is 1.24 bits per heavy atom. The lowest BCUT2D eigenvalue weighted by Gasteiger charge is -2.08. The fourth-order valence-electron chi connectivity index (χ4n) is 2.42. The highest BCUT2D eigenvalue weighted by molar-refractivity contribution is 5.91. The highest BCUT2D eigenvalue weighted by atomic mass is 16.5. The van der Waals surface area contributed by atoms with E-state index < -0.39 is 0 Å². The van der Waals surface area contributed by atoms with Crippen LogP contribution in [-0.4, -0.2) is 15.7 Å². The maximum Gasteiger partial charge on any atom is 0.287 e. The van der Waals surface area contributed by atoms with Crippen LogP contribution in [-0.2, 0) is 20.2 Å². The van der Waals surface area contributed by atoms with E-state index in [1.807, 2.05) is 45.2 Å². The highest BCUT2D eigenvalue weighted by Crippen LogP contribution is 2.21. The summed E-state index contributed by atoms with van der Waals surface area (Å²) in [4.78, 5) is 12.2. The predicted molar refractivity (Wildman–Crippen MR) is 93.3 cm³/mol. The summed E-state index contributed by atoms with van der Waals surface area (Å²) in [5.41, 5.74) is 3.11. The van der Waals surface area contributed by atoms with Crippen LogP contribution in [0, 0.1) is 13.8 Å². The molecule has 0 unspecified atom stereocenters. The lowest BCUT2D eigenvalue weighted by Crippen LogP contribution is -2.23. The van der Waals surface area contributed by atoms with Gasteiger partial charge in [-0.1, -0.05) is 12.1 Å². The third-order valence-electron chi connectivity index (χ3n) is 3.95. The van der Waals surface area contributed by atoms with Crippen molar-refractivity contribution in [2.24, 2.45) is 7.05 Å². The highest BCUT2D eigenvalue weighted by Gasteiger charge is 2.12. The second-order valence-electron chi connectivity index (χ2n) is 5.95. The van der Waals surface area contributed by atoms with Crippen LogP contribution in [0.3, 0.4) is 0 Å². The first-order valence-corrected chi connectivity index (χ1v) is 8.07. The van der Waals surface area contributed by atoms with Crippen molar-refractivity contribution < 1.29 is 13.9 Å². The Morgan fingerprint density at radius 3 is 2.84 bits per heavy atom. The lowest BCUT2D eigenvalue weighted by atomic mass is 10.1. The number of hydrogen-bond acceptors (Lipinski definition) is 4. The number of nitrogens with zero attached hydrogens (tertiary/aromatic N) is 2. The number of aryl methyl sites for hydroxylation is 3. The van der Waals surface area contributed by atoms with Crippen molar-refractivity contribution in [1.82, 2.24) is 15.1 Å². The number of benzene rings is 1. The molecule has 0 aliphatic rings. The first-order valence-electron chi connectivity index (χ1n) is 8.07. The monoisotopic (exact) mass is 339 g/mol. The minimum absolute atomic E-state index is 0.265. The summed E-state index contributed by atoms with van der Waals surface area (Å²) in [6.07, 6.45) is 1.69. The molecule has 0 spiro atoms. The molecule has 2 heterocycles. The molecule has 25 heavy (non-hydrogen) atoms. The SMILES string of the molecule is Cc1ccc(C)c(OCc2ccc(C(=O)NCc3ccnn3C)o2)c1. The molecule has 0 fully saturated rings. The number of carbonyl (C=O) groups excluding carboxylic acids is 1. The molecule has 0 radical (unpaired) electrons. The van der Waals surface area contributed by atoms with E-state index >= 15 is 0 Å². The van der Waals surface area contributed by atoms with Gasteiger partial charge in [0.15, 0.2) is 5.76 Å². The Hall–Kier alpha value is -3.02. The second-order valence-corrected chi connectivity index (χ2v) is 5.95. The largest absolute Gasteiger partial charge is 0.485 e. The van der Waals surface area contributed by atoms with E-state index in [1.165, 1.54) is 0 Å². The summed E-state index contributed by atoms with van der Waals surface area (Å²) >= 11 is 0. The molecule has 0 saturated carbocycles. The number of amides is 1. The van der Waals surface area contributed by atoms with Gasteiger partial charge in [-0.3, -0.25) is 9.48 Å². The van der Waals surface area contributed by atoms with Gasteiger partial charge in [-0.25, -0.2) is 0 Å². The summed E-state index contributed by atoms with van der Waals surface area (Å²) < 4.78 is 13.1. The van der Waals surface area contributed by atoms with E-state index in [9.17, 15) is 4.79 Å². The zero-order valence-corrected chi connectivity index (χ0v) is 14.6. The average molecular weight is 339 g/mol. The van der Waals surface area contributed by atoms with Crippen LogP contribution < -0.4 is 10.1 Å². The molecule has 1 aromatic carbocycles. The van der Waals surface area contributed by atoms with Crippen molar-refractivity contribution in [2.45, 2.75) is 27.0 Å². The van der Waals surface area contributed by atoms with Gasteiger partial charge < -0.3 is 14.5 Å². The zero-order valence-electron chi connectivity index (χ0n) is 14.6. The van der Waals surface area contributed by atoms with Crippen molar-refractivity contribution in [3.63, 3.8) is 0 Å². The Bertz CT molecular complexity index is 880. The third-order valence-corrected chi connectivity index (χ3v) is 3.95. The van der Waals surface area contributed by atoms with E-state index in [-0.39, 0.29) is 18.3 Å². The fraction of sp³-hybridized carbons (Fsp3) is 0.263. The Morgan fingerprint density at radius 2 is 2.08 bits per heavy atom. The lowest BCUT2D eigenvalue weighted by molar-refractivity contribution is 0.0918. The molecule has 2 aromatic heterocycles. The quantitative estimate of drug-likeness (QED) is 0.749. The number of furan rings is 1. The fourth-order valence-corrected chi connectivity index (χ4v) is 2.42. The van der Waals surface area contributed by atoms with Crippen molar-refractivity contribution in [3.05, 3.63) is 70.9 Å². The van der Waals surface area contributed by atoms with E-state index in [4.69, 9.17) is 9.15 Å². The van der Waals surface area contributed by atoms with Gasteiger partial charge in [0.2, 0.25) is 0 Å². The zero-order chi connectivity index (χ0) is 17.8. The first-order chi connectivity index (χ1) is 12.0. The van der Waals surface area contributed by atoms with E-state index in [2.05, 4.69) is 10.4 Å². The van der Waals surface area contributed by atoms with Crippen LogP contribution in [0.1, 0.15) is 33.1 Å². The molecule has 0 saturated heterocycles. The number of aromatic nitrogens is 2. The van der Waals surface area contributed by atoms with E-state index in [0.717, 1.165) is 22.6 Å². The van der Waals surface area contributed by atoms with Crippen LogP contribution in [0.2, 0.25) is 0 Å². The molecule has 0 aliphatic heterocycles. The van der Waals surface area contributed by atoms with Gasteiger partial charge in [-0.05, 0) is 49.2 Å². The van der Waals surface area contributed by atoms with Gasteiger partial charge in [-0.15, -0.1) is 0 Å². The van der Waals surface area contributed by atoms with Gasteiger partial charge >= 0.3 is 0 Å². The molecular weight excluding hydrogens is 318 g/mol. The minimum atomic E-state index is -0.265. The van der Waals surface area contributed by atoms with E-state index in [0.29, 0.717) is 12.3 Å². The molecule has 3 rings (SSSR count). The Kier molecular flexibility index (Phi) is 4.88. The van der Waals surface area contributed by atoms with Gasteiger partial charge in [0.1, 0.15) is 18.1 Å². The van der Waals surface area contributed by atoms with Crippen molar-refractivity contribution in [1.29, 1.82) is 0 Å². The molecular formula is C19H21N3O3. The number of carbonyl (C=O) groups is 1. The smallest absolute Gasteiger partial charge is 0.287 e. The normalized spacial score (nSPS) is 10.7. The Balaban J connectivity index is 1.57. The van der Waals surface area contributed by atoms with Gasteiger partial charge in [0.05, 0.1) is 12.2 Å². The standard InChI is InChI=1S/C19H21N3O3/c1-13-4-5-14(2)18(10-13)24-12-16-6-7-17(25-16)19(23)20-11-15-8-9-21-22(15)3/h4-10H,11-12H2,1-3H3,(H,20,23). The maximum atomic E-state index is 12.2. The summed E-state index contributed by atoms with van der Waals surface area (Å²) in [6, 6.07) is 11.3. The topological polar surface area (TPSA) is 69.3 Å². The second kappa shape index (κ2) is 7.25. The molecule has 130 valence electrons. The summed E-state index contributed by atoms with van der Waals surface area (Å²) in [7, 11) is 1.83. The van der Waals surface area contributed by atoms with E-state index in [1.54, 1.807) is 23.0 Å². The van der Waals surface area contributed by atoms with Crippen molar-refractivity contribution in [3.8, 4) is 5.75 Å². The summed E-state index contributed by atoms with van der Waals surface area (Å²) in [5.74, 6) is 1.42. The molecule has 0 atom stereocenters. The molecule has 6 heteroatoms. The third kappa shape index (κ3) is 4.09. The molecule has 3 aromatic rings. The molecule has 0 aliphatic carbocycles. The van der Waals surface area contributed by atoms with Crippen LogP contribution in [0.15, 0.2) is 47.0 Å². The number of nitrogens with one attached hydrogen (secondary N) is 1. The van der Waals surface area contributed by atoms with Gasteiger partial charge in [0.25, 0.3) is 5.91 Å². The van der Waals surface area contributed by atoms with Gasteiger partial charge in [-0.2, -0.15) is 5.10 Å². The van der Waals surface area contributed by atoms with Crippen LogP contribution in [0.5, 0.6) is 5.75 Å². The first kappa shape index (κ1) is 16.8. The van der Waals surface area contributed by atoms with Crippen LogP contribution >= 0.6 is 0 Å². The Labute approximate surface area is 146 Å². The number of ether oxygens (including phenoxy) is 1. The molecule has 1 amide bonds. The number of rotatable bonds is 6. The summed E-state index contributed by atoms with van der Waals surface area (Å²) in [5, 5.41) is 6.87. The maximum absolute atomic E-state index is 12.2. The molecule has 1 N–H and O–H groups in total. The molecule has 0 bridgehead atoms. The minimum Gasteiger partial charge on any atom is -0.485 e. The average Bonchev–Trinajstić information content (AvgIpc) is 3.22. The molecule has 6 nitrogen and oxygen atoms in total. The van der Waals surface area contributed by atoms with Gasteiger partial charge in [0, 0.05) is 13.2 Å². The summed E-state index contributed by atoms with van der Waals surface area (Å²) in [6.45, 7) is 4.68. The van der Waals surface area contributed by atoms with Crippen molar-refractivity contribution >= 4 is 5.91 Å². The van der Waals surface area contributed by atoms with Crippen LogP contribution in [0.25, 0.3) is 0 Å². The number of hydrogen-bond donors (Lipinski definition) is 1. The van der Waals surface area contributed by atoms with Crippen molar-refractivity contribution in [2.75, 3.05) is 0 Å².